The lowest BCUT2D eigenvalue weighted by Crippen LogP contribution is -2.33. The number of likely N-dealkylation sites (N-methyl/N-ethyl adjacent to an activating group) is 1. The minimum absolute atomic E-state index is 0.0839. The van der Waals surface area contributed by atoms with Gasteiger partial charge in [0.2, 0.25) is 0 Å². The van der Waals surface area contributed by atoms with E-state index in [2.05, 4.69) is 33.8 Å². The number of rotatable bonds is 8. The van der Waals surface area contributed by atoms with Crippen molar-refractivity contribution in [2.45, 2.75) is 50.6 Å². The molecule has 0 spiro atoms. The van der Waals surface area contributed by atoms with E-state index in [4.69, 9.17) is 0 Å². The maximum absolute atomic E-state index is 14.3. The number of nitrogens with zero attached hydrogens (tertiary/aromatic N) is 6. The van der Waals surface area contributed by atoms with E-state index in [1.165, 1.54) is 31.8 Å². The molecule has 2 aliphatic carbocycles. The fourth-order valence-electron chi connectivity index (χ4n) is 6.20. The highest BCUT2D eigenvalue weighted by atomic mass is 19.4. The summed E-state index contributed by atoms with van der Waals surface area (Å²) in [7, 11) is 3.94. The highest BCUT2D eigenvalue weighted by Gasteiger charge is 2.43. The summed E-state index contributed by atoms with van der Waals surface area (Å²) >= 11 is 0. The van der Waals surface area contributed by atoms with Crippen LogP contribution in [0, 0.1) is 11.8 Å². The molecule has 2 saturated carbocycles. The van der Waals surface area contributed by atoms with Crippen LogP contribution in [0.4, 0.5) is 18.9 Å². The Balaban J connectivity index is 1.30. The van der Waals surface area contributed by atoms with Crippen molar-refractivity contribution in [1.82, 2.24) is 24.6 Å². The third kappa shape index (κ3) is 4.93. The molecule has 0 radical (unpaired) electrons. The highest BCUT2D eigenvalue weighted by molar-refractivity contribution is 5.64. The second-order valence-corrected chi connectivity index (χ2v) is 11.5. The number of anilines is 1. The third-order valence-corrected chi connectivity index (χ3v) is 8.67. The minimum atomic E-state index is -4.48. The summed E-state index contributed by atoms with van der Waals surface area (Å²) in [5.41, 5.74) is 1.97. The Labute approximate surface area is 227 Å². The van der Waals surface area contributed by atoms with Crippen molar-refractivity contribution in [3.8, 4) is 0 Å². The topological polar surface area (TPSA) is 40.4 Å². The number of fused-ring (bicyclic) bond motifs is 1. The Morgan fingerprint density at radius 1 is 1.10 bits per heavy atom. The van der Waals surface area contributed by atoms with Gasteiger partial charge in [0.05, 0.1) is 11.3 Å². The van der Waals surface area contributed by atoms with E-state index >= 15 is 0 Å². The van der Waals surface area contributed by atoms with Gasteiger partial charge in [-0.1, -0.05) is 31.6 Å². The Morgan fingerprint density at radius 2 is 1.87 bits per heavy atom. The predicted molar refractivity (Wildman–Crippen MR) is 145 cm³/mol. The normalized spacial score (nSPS) is 20.9. The van der Waals surface area contributed by atoms with Crippen LogP contribution in [0.2, 0.25) is 0 Å². The van der Waals surface area contributed by atoms with Crippen molar-refractivity contribution in [3.63, 3.8) is 0 Å². The van der Waals surface area contributed by atoms with Crippen molar-refractivity contribution >= 4 is 5.69 Å². The zero-order chi connectivity index (χ0) is 27.3. The van der Waals surface area contributed by atoms with Crippen LogP contribution >= 0.6 is 0 Å². The average Bonchev–Trinajstić information content (AvgIpc) is 3.40. The standard InChI is InChI=1S/C30H35F3N6/c1-20-38(25-12-6-11-24(14-25)28(23-9-5-10-23)29-35-34-19-37(29)3)18-27-26(30(31,32)33)13-22(17-39(20)27)16-36(2)15-21-7-4-8-21/h6,11-14,17-19,21,23,28H,1,4-5,7-10,15-16H2,2-3H3. The number of aryl methyl sites for hydroxylation is 1. The zero-order valence-electron chi connectivity index (χ0n) is 22.5. The third-order valence-electron chi connectivity index (χ3n) is 8.67. The summed E-state index contributed by atoms with van der Waals surface area (Å²) in [6.07, 6.45) is 9.00. The van der Waals surface area contributed by atoms with E-state index in [1.54, 1.807) is 28.5 Å². The van der Waals surface area contributed by atoms with Crippen LogP contribution in [-0.4, -0.2) is 50.9 Å². The number of aromatic nitrogens is 3. The van der Waals surface area contributed by atoms with E-state index in [9.17, 15) is 13.2 Å². The first-order valence-electron chi connectivity index (χ1n) is 13.8. The number of hydrogen-bond donors (Lipinski definition) is 0. The molecule has 9 heteroatoms. The van der Waals surface area contributed by atoms with Crippen molar-refractivity contribution in [2.24, 2.45) is 18.9 Å². The first-order valence-corrected chi connectivity index (χ1v) is 13.8. The summed E-state index contributed by atoms with van der Waals surface area (Å²) in [6.45, 7) is 5.59. The molecular formula is C30H35F3N6. The molecule has 0 saturated heterocycles. The summed E-state index contributed by atoms with van der Waals surface area (Å²) in [4.78, 5) is 5.49. The van der Waals surface area contributed by atoms with Gasteiger partial charge in [-0.05, 0) is 73.9 Å². The van der Waals surface area contributed by atoms with E-state index in [-0.39, 0.29) is 11.6 Å². The average molecular weight is 537 g/mol. The molecule has 0 amide bonds. The Morgan fingerprint density at radius 3 is 2.49 bits per heavy atom. The van der Waals surface area contributed by atoms with Gasteiger partial charge in [-0.15, -0.1) is 10.2 Å². The number of alkyl halides is 3. The summed E-state index contributed by atoms with van der Waals surface area (Å²) in [6, 6.07) is 8.03. The zero-order valence-corrected chi connectivity index (χ0v) is 22.5. The van der Waals surface area contributed by atoms with Crippen LogP contribution in [0.15, 0.2) is 78.3 Å². The van der Waals surface area contributed by atoms with Gasteiger partial charge in [0.25, 0.3) is 0 Å². The lowest BCUT2D eigenvalue weighted by Gasteiger charge is -2.34. The number of halogens is 3. The second-order valence-electron chi connectivity index (χ2n) is 11.5. The largest absolute Gasteiger partial charge is 0.418 e. The summed E-state index contributed by atoms with van der Waals surface area (Å²) < 4.78 is 44.8. The van der Waals surface area contributed by atoms with Gasteiger partial charge in [-0.25, -0.2) is 0 Å². The van der Waals surface area contributed by atoms with Crippen LogP contribution in [0.1, 0.15) is 55.8 Å². The molecule has 2 aliphatic heterocycles. The van der Waals surface area contributed by atoms with E-state index in [0.717, 1.165) is 36.5 Å². The molecule has 2 fully saturated rings. The van der Waals surface area contributed by atoms with Crippen LogP contribution in [0.3, 0.4) is 0 Å². The maximum atomic E-state index is 14.3. The SMILES string of the molecule is C=C1N2C=C(CN(C)CC3CCC3)C=C(C(F)(F)F)C2=CN1c1cccc(C(c2nncn2C)C2CCC2)c1. The van der Waals surface area contributed by atoms with E-state index in [1.807, 2.05) is 30.8 Å². The highest BCUT2D eigenvalue weighted by Crippen LogP contribution is 2.46. The number of benzene rings is 1. The lowest BCUT2D eigenvalue weighted by molar-refractivity contribution is -0.0909. The smallest absolute Gasteiger partial charge is 0.320 e. The van der Waals surface area contributed by atoms with Gasteiger partial charge >= 0.3 is 6.18 Å². The molecule has 39 heavy (non-hydrogen) atoms. The number of hydrogen-bond acceptors (Lipinski definition) is 5. The predicted octanol–water partition coefficient (Wildman–Crippen LogP) is 6.30. The van der Waals surface area contributed by atoms with Gasteiger partial charge in [0.15, 0.2) is 0 Å². The van der Waals surface area contributed by atoms with Crippen molar-refractivity contribution in [1.29, 1.82) is 0 Å². The summed E-state index contributed by atoms with van der Waals surface area (Å²) in [5.74, 6) is 2.59. The molecule has 4 aliphatic rings. The first kappa shape index (κ1) is 25.9. The molecule has 0 N–H and O–H groups in total. The molecule has 0 bridgehead atoms. The van der Waals surface area contributed by atoms with Crippen molar-refractivity contribution < 1.29 is 13.2 Å². The maximum Gasteiger partial charge on any atom is 0.418 e. The fraction of sp³-hybridized carbons (Fsp3) is 0.467. The van der Waals surface area contributed by atoms with Gasteiger partial charge in [0.1, 0.15) is 18.0 Å². The molecule has 1 aromatic carbocycles. The van der Waals surface area contributed by atoms with Gasteiger partial charge in [-0.3, -0.25) is 0 Å². The molecular weight excluding hydrogens is 501 g/mol. The van der Waals surface area contributed by atoms with Gasteiger partial charge < -0.3 is 19.3 Å². The molecule has 1 aromatic heterocycles. The quantitative estimate of drug-likeness (QED) is 0.396. The monoisotopic (exact) mass is 536 g/mol. The summed E-state index contributed by atoms with van der Waals surface area (Å²) in [5, 5.41) is 8.51. The molecule has 3 heterocycles. The molecule has 206 valence electrons. The molecule has 6 nitrogen and oxygen atoms in total. The lowest BCUT2D eigenvalue weighted by atomic mass is 9.72. The van der Waals surface area contributed by atoms with E-state index < -0.39 is 11.7 Å². The van der Waals surface area contributed by atoms with Crippen LogP contribution in [-0.2, 0) is 7.05 Å². The molecule has 6 rings (SSSR count). The van der Waals surface area contributed by atoms with Crippen molar-refractivity contribution in [2.75, 3.05) is 25.0 Å². The van der Waals surface area contributed by atoms with Gasteiger partial charge in [0, 0.05) is 44.1 Å². The Hall–Kier alpha value is -3.33. The molecule has 2 aromatic rings. The van der Waals surface area contributed by atoms with Crippen molar-refractivity contribution in [3.05, 3.63) is 89.7 Å². The van der Waals surface area contributed by atoms with Gasteiger partial charge in [-0.2, -0.15) is 13.2 Å². The molecule has 1 atom stereocenters. The fourth-order valence-corrected chi connectivity index (χ4v) is 6.20. The Kier molecular flexibility index (Phi) is 6.65. The number of allylic oxidation sites excluding steroid dienone is 1. The van der Waals surface area contributed by atoms with Crippen LogP contribution < -0.4 is 4.90 Å². The minimum Gasteiger partial charge on any atom is -0.320 e. The van der Waals surface area contributed by atoms with Crippen LogP contribution in [0.5, 0.6) is 0 Å². The molecule has 1 unspecified atom stereocenters. The first-order chi connectivity index (χ1) is 18.7. The van der Waals surface area contributed by atoms with E-state index in [0.29, 0.717) is 29.8 Å². The Bertz CT molecular complexity index is 1340. The second kappa shape index (κ2) is 10.0. The van der Waals surface area contributed by atoms with Crippen LogP contribution in [0.25, 0.3) is 0 Å².